The first-order chi connectivity index (χ1) is 17.6. The molecule has 3 aromatic rings. The first-order valence-electron chi connectivity index (χ1n) is 13.2. The first-order valence-corrected chi connectivity index (χ1v) is 14.9. The van der Waals surface area contributed by atoms with Crippen LogP contribution in [0.2, 0.25) is 0 Å². The van der Waals surface area contributed by atoms with Gasteiger partial charge in [-0.3, -0.25) is 4.79 Å². The van der Waals surface area contributed by atoms with Crippen molar-refractivity contribution in [2.75, 3.05) is 0 Å². The van der Waals surface area contributed by atoms with Crippen molar-refractivity contribution in [3.8, 4) is 5.88 Å². The summed E-state index contributed by atoms with van der Waals surface area (Å²) >= 11 is 3.24. The number of H-pyrrole nitrogens is 1. The molecule has 0 aliphatic rings. The van der Waals surface area contributed by atoms with Gasteiger partial charge in [0.15, 0.2) is 10.3 Å². The third-order valence-corrected chi connectivity index (χ3v) is 7.34. The third-order valence-electron chi connectivity index (χ3n) is 5.59. The summed E-state index contributed by atoms with van der Waals surface area (Å²) in [6, 6.07) is 8.52. The van der Waals surface area contributed by atoms with E-state index >= 15 is 0 Å². The molecule has 0 saturated heterocycles. The van der Waals surface area contributed by atoms with Crippen LogP contribution < -0.4 is 10.3 Å². The fourth-order valence-corrected chi connectivity index (χ4v) is 5.60. The van der Waals surface area contributed by atoms with Crippen molar-refractivity contribution in [1.29, 1.82) is 0 Å². The number of aromatic amines is 1. The number of aromatic nitrogens is 4. The van der Waals surface area contributed by atoms with Gasteiger partial charge in [-0.15, -0.1) is 0 Å². The molecule has 2 aromatic heterocycles. The SMILES string of the molecule is CCc1c(Cc2cccc(Cc3nc(SC(C)C)[nH]c(=O)c3CC)c2)nc(SC(C)C)nc1OC(C)C. The average molecular weight is 541 g/mol. The van der Waals surface area contributed by atoms with Gasteiger partial charge in [0.1, 0.15) is 0 Å². The summed E-state index contributed by atoms with van der Waals surface area (Å²) in [5.41, 5.74) is 5.95. The Balaban J connectivity index is 1.96. The second kappa shape index (κ2) is 13.5. The number of rotatable bonds is 12. The molecule has 0 bridgehead atoms. The van der Waals surface area contributed by atoms with Gasteiger partial charge in [-0.25, -0.2) is 9.97 Å². The Hall–Kier alpha value is -2.32. The van der Waals surface area contributed by atoms with Crippen molar-refractivity contribution in [2.24, 2.45) is 0 Å². The van der Waals surface area contributed by atoms with Gasteiger partial charge in [0.25, 0.3) is 5.56 Å². The minimum Gasteiger partial charge on any atom is -0.475 e. The van der Waals surface area contributed by atoms with E-state index in [1.165, 1.54) is 5.56 Å². The lowest BCUT2D eigenvalue weighted by atomic mass is 9.99. The van der Waals surface area contributed by atoms with E-state index in [4.69, 9.17) is 19.7 Å². The van der Waals surface area contributed by atoms with E-state index in [1.807, 2.05) is 20.8 Å². The summed E-state index contributed by atoms with van der Waals surface area (Å²) in [7, 11) is 0. The highest BCUT2D eigenvalue weighted by Crippen LogP contribution is 2.29. The van der Waals surface area contributed by atoms with Crippen molar-refractivity contribution < 1.29 is 4.74 Å². The Labute approximate surface area is 229 Å². The quantitative estimate of drug-likeness (QED) is 0.203. The highest BCUT2D eigenvalue weighted by Gasteiger charge is 2.18. The highest BCUT2D eigenvalue weighted by molar-refractivity contribution is 7.99. The average Bonchev–Trinajstić information content (AvgIpc) is 2.78. The molecule has 6 nitrogen and oxygen atoms in total. The number of nitrogens with one attached hydrogen (secondary N) is 1. The second-order valence-electron chi connectivity index (χ2n) is 9.91. The monoisotopic (exact) mass is 540 g/mol. The van der Waals surface area contributed by atoms with E-state index < -0.39 is 0 Å². The number of nitrogens with zero attached hydrogens (tertiary/aromatic N) is 3. The summed E-state index contributed by atoms with van der Waals surface area (Å²) in [5.74, 6) is 0.692. The highest BCUT2D eigenvalue weighted by atomic mass is 32.2. The number of thioether (sulfide) groups is 2. The summed E-state index contributed by atoms with van der Waals surface area (Å²) in [5, 5.41) is 2.16. The third kappa shape index (κ3) is 8.34. The van der Waals surface area contributed by atoms with E-state index in [1.54, 1.807) is 23.5 Å². The Bertz CT molecular complexity index is 1260. The molecule has 0 aliphatic heterocycles. The van der Waals surface area contributed by atoms with E-state index in [9.17, 15) is 4.79 Å². The molecule has 0 aliphatic carbocycles. The van der Waals surface area contributed by atoms with Gasteiger partial charge in [0, 0.05) is 34.5 Å². The zero-order valence-corrected chi connectivity index (χ0v) is 25.0. The lowest BCUT2D eigenvalue weighted by molar-refractivity contribution is 0.227. The predicted molar refractivity (Wildman–Crippen MR) is 155 cm³/mol. The standard InChI is InChI=1S/C29H40N4O2S2/c1-9-22-24(30-28(32-26(22)34)36-18(5)6)15-20-12-11-13-21(14-20)16-25-23(10-2)27(35-17(3)4)33-29(31-25)37-19(7)8/h11-14,17-19H,9-10,15-16H2,1-8H3,(H,30,32,34). The fourth-order valence-electron chi connectivity index (χ4n) is 4.12. The lowest BCUT2D eigenvalue weighted by Crippen LogP contribution is -2.19. The molecule has 0 fully saturated rings. The van der Waals surface area contributed by atoms with Crippen molar-refractivity contribution in [2.45, 2.75) is 108 Å². The Morgan fingerprint density at radius 1 is 0.838 bits per heavy atom. The topological polar surface area (TPSA) is 80.8 Å². The molecule has 3 rings (SSSR count). The van der Waals surface area contributed by atoms with Crippen molar-refractivity contribution in [3.05, 3.63) is 68.3 Å². The molecule has 200 valence electrons. The Morgan fingerprint density at radius 2 is 1.43 bits per heavy atom. The van der Waals surface area contributed by atoms with Crippen LogP contribution in [-0.4, -0.2) is 36.5 Å². The molecule has 2 heterocycles. The van der Waals surface area contributed by atoms with Crippen LogP contribution in [-0.2, 0) is 25.7 Å². The summed E-state index contributed by atoms with van der Waals surface area (Å²) in [6.45, 7) is 16.7. The molecular weight excluding hydrogens is 500 g/mol. The van der Waals surface area contributed by atoms with Crippen LogP contribution >= 0.6 is 23.5 Å². The minimum atomic E-state index is -0.0340. The van der Waals surface area contributed by atoms with Crippen LogP contribution in [0.3, 0.4) is 0 Å². The molecule has 8 heteroatoms. The Morgan fingerprint density at radius 3 is 1.97 bits per heavy atom. The van der Waals surface area contributed by atoms with Crippen LogP contribution in [0.1, 0.15) is 89.0 Å². The van der Waals surface area contributed by atoms with Gasteiger partial charge in [0.05, 0.1) is 17.5 Å². The van der Waals surface area contributed by atoms with Crippen LogP contribution in [0.15, 0.2) is 39.4 Å². The molecule has 0 atom stereocenters. The summed E-state index contributed by atoms with van der Waals surface area (Å²) < 4.78 is 6.11. The molecule has 0 radical (unpaired) electrons. The number of hydrogen-bond donors (Lipinski definition) is 1. The van der Waals surface area contributed by atoms with Crippen molar-refractivity contribution in [1.82, 2.24) is 19.9 Å². The molecule has 1 N–H and O–H groups in total. The van der Waals surface area contributed by atoms with Crippen LogP contribution in [0.5, 0.6) is 5.88 Å². The first kappa shape index (κ1) is 29.2. The molecule has 1 aromatic carbocycles. The van der Waals surface area contributed by atoms with Crippen molar-refractivity contribution in [3.63, 3.8) is 0 Å². The number of benzene rings is 1. The van der Waals surface area contributed by atoms with Crippen molar-refractivity contribution >= 4 is 23.5 Å². The second-order valence-corrected chi connectivity index (χ2v) is 13.0. The lowest BCUT2D eigenvalue weighted by Gasteiger charge is -2.17. The van der Waals surface area contributed by atoms with Gasteiger partial charge >= 0.3 is 0 Å². The molecule has 37 heavy (non-hydrogen) atoms. The number of hydrogen-bond acceptors (Lipinski definition) is 7. The van der Waals surface area contributed by atoms with Crippen LogP contribution in [0, 0.1) is 0 Å². The zero-order chi connectivity index (χ0) is 27.1. The maximum atomic E-state index is 12.7. The van der Waals surface area contributed by atoms with Gasteiger partial charge in [0.2, 0.25) is 5.88 Å². The van der Waals surface area contributed by atoms with E-state index in [0.29, 0.717) is 40.8 Å². The molecular formula is C29H40N4O2S2. The molecule has 0 amide bonds. The van der Waals surface area contributed by atoms with Crippen LogP contribution in [0.4, 0.5) is 0 Å². The maximum absolute atomic E-state index is 12.7. The van der Waals surface area contributed by atoms with Crippen LogP contribution in [0.25, 0.3) is 0 Å². The van der Waals surface area contributed by atoms with E-state index in [2.05, 4.69) is 63.9 Å². The maximum Gasteiger partial charge on any atom is 0.254 e. The smallest absolute Gasteiger partial charge is 0.254 e. The molecule has 0 unspecified atom stereocenters. The molecule has 0 saturated carbocycles. The summed E-state index contributed by atoms with van der Waals surface area (Å²) in [6.07, 6.45) is 2.81. The van der Waals surface area contributed by atoms with E-state index in [0.717, 1.165) is 39.7 Å². The Kier molecular flexibility index (Phi) is 10.6. The van der Waals surface area contributed by atoms with Gasteiger partial charge in [-0.2, -0.15) is 4.98 Å². The number of ether oxygens (including phenoxy) is 1. The predicted octanol–water partition coefficient (Wildman–Crippen LogP) is 6.65. The zero-order valence-electron chi connectivity index (χ0n) is 23.3. The largest absolute Gasteiger partial charge is 0.475 e. The minimum absolute atomic E-state index is 0.0340. The normalized spacial score (nSPS) is 11.6. The van der Waals surface area contributed by atoms with E-state index in [-0.39, 0.29) is 11.7 Å². The van der Waals surface area contributed by atoms with Gasteiger partial charge in [-0.1, -0.05) is 89.3 Å². The van der Waals surface area contributed by atoms with Gasteiger partial charge < -0.3 is 9.72 Å². The summed E-state index contributed by atoms with van der Waals surface area (Å²) in [4.78, 5) is 30.2. The van der Waals surface area contributed by atoms with Gasteiger partial charge in [-0.05, 0) is 37.8 Å². The molecule has 0 spiro atoms. The fraction of sp³-hybridized carbons (Fsp3) is 0.517.